The van der Waals surface area contributed by atoms with Crippen molar-refractivity contribution in [2.24, 2.45) is 0 Å². The Kier molecular flexibility index (Phi) is 3.60. The van der Waals surface area contributed by atoms with Crippen LogP contribution in [0.2, 0.25) is 0 Å². The Labute approximate surface area is 92.3 Å². The number of benzene rings is 1. The van der Waals surface area contributed by atoms with Crippen molar-refractivity contribution < 1.29 is 19.1 Å². The largest absolute Gasteiger partial charge is 0.480 e. The van der Waals surface area contributed by atoms with Gasteiger partial charge in [0, 0.05) is 12.6 Å². The molecule has 0 aliphatic heterocycles. The van der Waals surface area contributed by atoms with Crippen LogP contribution >= 0.6 is 0 Å². The number of amides is 1. The average molecular weight is 225 g/mol. The van der Waals surface area contributed by atoms with E-state index in [2.05, 4.69) is 0 Å². The van der Waals surface area contributed by atoms with Crippen LogP contribution in [0.5, 0.6) is 0 Å². The first-order valence-electron chi connectivity index (χ1n) is 4.69. The fourth-order valence-electron chi connectivity index (χ4n) is 1.14. The van der Waals surface area contributed by atoms with Gasteiger partial charge in [-0.3, -0.25) is 4.79 Å². The lowest BCUT2D eigenvalue weighted by molar-refractivity contribution is -0.141. The van der Waals surface area contributed by atoms with Crippen LogP contribution in [-0.4, -0.2) is 35.0 Å². The topological polar surface area (TPSA) is 57.6 Å². The Morgan fingerprint density at radius 1 is 1.31 bits per heavy atom. The van der Waals surface area contributed by atoms with Gasteiger partial charge in [-0.25, -0.2) is 9.18 Å². The maximum atomic E-state index is 12.6. The van der Waals surface area contributed by atoms with Gasteiger partial charge in [-0.1, -0.05) is 0 Å². The summed E-state index contributed by atoms with van der Waals surface area (Å²) < 4.78 is 12.6. The van der Waals surface area contributed by atoms with Crippen LogP contribution in [0.4, 0.5) is 4.39 Å². The van der Waals surface area contributed by atoms with Crippen LogP contribution in [0.1, 0.15) is 17.3 Å². The zero-order chi connectivity index (χ0) is 12.3. The fourth-order valence-corrected chi connectivity index (χ4v) is 1.14. The summed E-state index contributed by atoms with van der Waals surface area (Å²) in [5.41, 5.74) is 0.261. The highest BCUT2D eigenvalue weighted by molar-refractivity contribution is 5.96. The lowest BCUT2D eigenvalue weighted by atomic mass is 10.2. The van der Waals surface area contributed by atoms with E-state index in [1.165, 1.54) is 26.1 Å². The van der Waals surface area contributed by atoms with Crippen LogP contribution in [0.25, 0.3) is 0 Å². The van der Waals surface area contributed by atoms with E-state index < -0.39 is 23.7 Å². The average Bonchev–Trinajstić information content (AvgIpc) is 2.27. The summed E-state index contributed by atoms with van der Waals surface area (Å²) >= 11 is 0. The summed E-state index contributed by atoms with van der Waals surface area (Å²) in [6.45, 7) is 1.41. The molecule has 0 spiro atoms. The van der Waals surface area contributed by atoms with Crippen molar-refractivity contribution in [3.05, 3.63) is 35.6 Å². The van der Waals surface area contributed by atoms with Crippen molar-refractivity contribution in [3.8, 4) is 0 Å². The molecule has 5 heteroatoms. The van der Waals surface area contributed by atoms with Gasteiger partial charge in [-0.2, -0.15) is 0 Å². The second-order valence-corrected chi connectivity index (χ2v) is 3.44. The molecule has 0 bridgehead atoms. The molecule has 1 rings (SSSR count). The molecule has 4 nitrogen and oxygen atoms in total. The Morgan fingerprint density at radius 2 is 1.81 bits per heavy atom. The number of hydrogen-bond acceptors (Lipinski definition) is 2. The molecule has 1 atom stereocenters. The number of likely N-dealkylation sites (N-methyl/N-ethyl adjacent to an activating group) is 1. The van der Waals surface area contributed by atoms with E-state index in [9.17, 15) is 14.0 Å². The first-order chi connectivity index (χ1) is 7.43. The summed E-state index contributed by atoms with van der Waals surface area (Å²) in [6.07, 6.45) is 0. The zero-order valence-corrected chi connectivity index (χ0v) is 8.98. The minimum atomic E-state index is -1.09. The molecule has 86 valence electrons. The monoisotopic (exact) mass is 225 g/mol. The number of carboxylic acids is 1. The Hall–Kier alpha value is -1.91. The van der Waals surface area contributed by atoms with Gasteiger partial charge in [-0.15, -0.1) is 0 Å². The molecule has 0 aliphatic rings. The van der Waals surface area contributed by atoms with Gasteiger partial charge in [0.1, 0.15) is 11.9 Å². The van der Waals surface area contributed by atoms with E-state index in [1.54, 1.807) is 0 Å². The zero-order valence-electron chi connectivity index (χ0n) is 8.98. The quantitative estimate of drug-likeness (QED) is 0.845. The molecule has 1 N–H and O–H groups in total. The molecular formula is C11H12FNO3. The first-order valence-corrected chi connectivity index (χ1v) is 4.69. The maximum absolute atomic E-state index is 12.6. The third kappa shape index (κ3) is 2.56. The van der Waals surface area contributed by atoms with Gasteiger partial charge in [0.2, 0.25) is 0 Å². The van der Waals surface area contributed by atoms with Crippen LogP contribution in [-0.2, 0) is 4.79 Å². The fraction of sp³-hybridized carbons (Fsp3) is 0.273. The molecule has 0 heterocycles. The van der Waals surface area contributed by atoms with Crippen LogP contribution in [0, 0.1) is 5.82 Å². The molecule has 0 aliphatic carbocycles. The van der Waals surface area contributed by atoms with Gasteiger partial charge in [0.15, 0.2) is 0 Å². The van der Waals surface area contributed by atoms with Gasteiger partial charge in [0.25, 0.3) is 5.91 Å². The van der Waals surface area contributed by atoms with Crippen molar-refractivity contribution in [3.63, 3.8) is 0 Å². The molecule has 1 aromatic carbocycles. The predicted molar refractivity (Wildman–Crippen MR) is 55.6 cm³/mol. The van der Waals surface area contributed by atoms with Crippen LogP contribution in [0.3, 0.4) is 0 Å². The van der Waals surface area contributed by atoms with Crippen molar-refractivity contribution in [2.45, 2.75) is 13.0 Å². The van der Waals surface area contributed by atoms with Gasteiger partial charge < -0.3 is 10.0 Å². The van der Waals surface area contributed by atoms with Gasteiger partial charge in [-0.05, 0) is 31.2 Å². The number of carbonyl (C=O) groups excluding carboxylic acids is 1. The van der Waals surface area contributed by atoms with E-state index in [0.717, 1.165) is 17.0 Å². The molecule has 0 saturated heterocycles. The van der Waals surface area contributed by atoms with Crippen molar-refractivity contribution >= 4 is 11.9 Å². The summed E-state index contributed by atoms with van der Waals surface area (Å²) in [4.78, 5) is 23.5. The molecule has 1 unspecified atom stereocenters. The number of nitrogens with zero attached hydrogens (tertiary/aromatic N) is 1. The standard InChI is InChI=1S/C11H12FNO3/c1-7(11(15)16)13(2)10(14)8-3-5-9(12)6-4-8/h3-7H,1-2H3,(H,15,16). The lowest BCUT2D eigenvalue weighted by Crippen LogP contribution is -2.40. The summed E-state index contributed by atoms with van der Waals surface area (Å²) in [5.74, 6) is -1.97. The molecule has 0 radical (unpaired) electrons. The van der Waals surface area contributed by atoms with E-state index in [4.69, 9.17) is 5.11 Å². The first kappa shape index (κ1) is 12.2. The Bertz CT molecular complexity index is 402. The lowest BCUT2D eigenvalue weighted by Gasteiger charge is -2.21. The van der Waals surface area contributed by atoms with Crippen LogP contribution < -0.4 is 0 Å². The van der Waals surface area contributed by atoms with E-state index >= 15 is 0 Å². The van der Waals surface area contributed by atoms with Crippen molar-refractivity contribution in [1.29, 1.82) is 0 Å². The Balaban J connectivity index is 2.86. The summed E-state index contributed by atoms with van der Waals surface area (Å²) in [7, 11) is 1.39. The highest BCUT2D eigenvalue weighted by atomic mass is 19.1. The minimum absolute atomic E-state index is 0.261. The predicted octanol–water partition coefficient (Wildman–Crippen LogP) is 1.37. The maximum Gasteiger partial charge on any atom is 0.326 e. The number of carboxylic acid groups (broad SMARTS) is 1. The third-order valence-corrected chi connectivity index (χ3v) is 2.35. The van der Waals surface area contributed by atoms with Gasteiger partial charge >= 0.3 is 5.97 Å². The SMILES string of the molecule is CC(C(=O)O)N(C)C(=O)c1ccc(F)cc1. The summed E-state index contributed by atoms with van der Waals surface area (Å²) in [5, 5.41) is 8.74. The molecule has 0 saturated carbocycles. The third-order valence-electron chi connectivity index (χ3n) is 2.35. The number of carbonyl (C=O) groups is 2. The molecule has 16 heavy (non-hydrogen) atoms. The van der Waals surface area contributed by atoms with Crippen LogP contribution in [0.15, 0.2) is 24.3 Å². The molecular weight excluding hydrogens is 213 g/mol. The second kappa shape index (κ2) is 4.74. The normalized spacial score (nSPS) is 11.9. The highest BCUT2D eigenvalue weighted by Gasteiger charge is 2.22. The molecule has 0 aromatic heterocycles. The molecule has 1 aromatic rings. The van der Waals surface area contributed by atoms with E-state index in [0.29, 0.717) is 0 Å². The van der Waals surface area contributed by atoms with Crippen molar-refractivity contribution in [1.82, 2.24) is 4.90 Å². The van der Waals surface area contributed by atoms with Gasteiger partial charge in [0.05, 0.1) is 0 Å². The van der Waals surface area contributed by atoms with E-state index in [1.807, 2.05) is 0 Å². The number of halogens is 1. The molecule has 1 amide bonds. The molecule has 0 fully saturated rings. The van der Waals surface area contributed by atoms with E-state index in [-0.39, 0.29) is 5.56 Å². The highest BCUT2D eigenvalue weighted by Crippen LogP contribution is 2.08. The Morgan fingerprint density at radius 3 is 2.25 bits per heavy atom. The number of rotatable bonds is 3. The number of hydrogen-bond donors (Lipinski definition) is 1. The second-order valence-electron chi connectivity index (χ2n) is 3.44. The van der Waals surface area contributed by atoms with Crippen molar-refractivity contribution in [2.75, 3.05) is 7.05 Å². The minimum Gasteiger partial charge on any atom is -0.480 e. The summed E-state index contributed by atoms with van der Waals surface area (Å²) in [6, 6.07) is 4.04. The smallest absolute Gasteiger partial charge is 0.326 e. The number of aliphatic carboxylic acids is 1.